The lowest BCUT2D eigenvalue weighted by Gasteiger charge is -2.47. The Bertz CT molecular complexity index is 3070. The number of nitrogens with zero attached hydrogens (tertiary/aromatic N) is 1. The number of carbonyl (C=O) groups excluding carboxylic acids is 9. The van der Waals surface area contributed by atoms with Gasteiger partial charge in [0.1, 0.15) is 48.7 Å². The van der Waals surface area contributed by atoms with Crippen LogP contribution >= 0.6 is 0 Å². The fraction of sp³-hybridized carbons (Fsp3) is 0.740. The summed E-state index contributed by atoms with van der Waals surface area (Å²) in [6.07, 6.45) is 3.46. The molecule has 0 saturated carbocycles. The predicted molar refractivity (Wildman–Crippen MR) is 348 cm³/mol. The third kappa shape index (κ3) is 18.1. The molecule has 11 aliphatic rings. The predicted octanol–water partition coefficient (Wildman–Crippen LogP) is 6.84. The number of urea groups is 1. The number of nitrogens with one attached hydrogen (secondary N) is 2. The maximum absolute atomic E-state index is 14.6. The molecular formula is C73H102N4O21. The first-order valence-corrected chi connectivity index (χ1v) is 36.0. The zero-order chi connectivity index (χ0) is 69.5. The SMILES string of the molecule is C=C1C[C@@H]2CC[C@@]34C[C@H]5O[C@H]6[C@@H](O3)[C@H]3OC(CC[C@@H]3O[C@H]6C5O4)CC(=O)C[C@@H]3[C@@H](OC)[C@@H](C[C@H](O)CCC(=O)OCc4ccc(CC(=O)[C@H](CCCNC(N)=O)NC(=O)[C@@H](CC(=O)CCCCCC(=O)ON5C(=O)CCC5=O)C(C)C)cc4)O[C@H]3CC3O[C@@H](CCC1O2)C[C@@H](C)C3=C. The van der Waals surface area contributed by atoms with Crippen molar-refractivity contribution in [2.24, 2.45) is 29.4 Å². The molecule has 11 saturated heterocycles. The fourth-order valence-electron chi connectivity index (χ4n) is 16.6. The number of aliphatic hydroxyl groups excluding tert-OH is 1. The molecule has 12 rings (SSSR count). The topological polar surface area (TPSA) is 329 Å². The smallest absolute Gasteiger partial charge is 0.333 e. The number of Topliss-reactive ketones (excluding diaryl/α,β-unsaturated/α-hetero) is 3. The lowest BCUT2D eigenvalue weighted by atomic mass is 9.81. The number of amides is 5. The number of rotatable bonds is 27. The highest BCUT2D eigenvalue weighted by atomic mass is 16.8. The van der Waals surface area contributed by atoms with Crippen molar-refractivity contribution in [2.75, 3.05) is 13.7 Å². The molecule has 5 amide bonds. The summed E-state index contributed by atoms with van der Waals surface area (Å²) in [4.78, 5) is 121. The van der Waals surface area contributed by atoms with Crippen molar-refractivity contribution < 1.29 is 100 Å². The highest BCUT2D eigenvalue weighted by Crippen LogP contribution is 2.55. The molecule has 0 radical (unpaired) electrons. The average molecular weight is 1370 g/mol. The van der Waals surface area contributed by atoms with Gasteiger partial charge >= 0.3 is 18.0 Å². The lowest BCUT2D eigenvalue weighted by molar-refractivity contribution is -0.292. The first kappa shape index (κ1) is 73.4. The van der Waals surface area contributed by atoms with Gasteiger partial charge in [0.05, 0.1) is 73.2 Å². The highest BCUT2D eigenvalue weighted by molar-refractivity contribution is 6.01. The first-order valence-electron chi connectivity index (χ1n) is 36.0. The van der Waals surface area contributed by atoms with Crippen molar-refractivity contribution in [3.05, 3.63) is 59.7 Å². The molecule has 25 heteroatoms. The molecule has 11 heterocycles. The van der Waals surface area contributed by atoms with Crippen LogP contribution in [0.3, 0.4) is 0 Å². The lowest BCUT2D eigenvalue weighted by Crippen LogP contribution is -2.61. The van der Waals surface area contributed by atoms with Gasteiger partial charge in [-0.25, -0.2) is 9.59 Å². The van der Waals surface area contributed by atoms with E-state index in [2.05, 4.69) is 30.7 Å². The van der Waals surface area contributed by atoms with Gasteiger partial charge in [-0.3, -0.25) is 33.6 Å². The van der Waals surface area contributed by atoms with Crippen molar-refractivity contribution in [1.82, 2.24) is 15.7 Å². The Morgan fingerprint density at radius 3 is 2.18 bits per heavy atom. The van der Waals surface area contributed by atoms with E-state index in [0.717, 1.165) is 43.3 Å². The Morgan fingerprint density at radius 2 is 1.43 bits per heavy atom. The van der Waals surface area contributed by atoms with Crippen molar-refractivity contribution in [2.45, 2.75) is 304 Å². The molecule has 11 aliphatic heterocycles. The van der Waals surface area contributed by atoms with Gasteiger partial charge in [-0.2, -0.15) is 0 Å². The first-order chi connectivity index (χ1) is 47.0. The van der Waals surface area contributed by atoms with Gasteiger partial charge in [0.25, 0.3) is 11.8 Å². The molecule has 0 aliphatic carbocycles. The summed E-state index contributed by atoms with van der Waals surface area (Å²) in [5.41, 5.74) is 8.61. The number of aliphatic hydroxyl groups is 1. The number of unbranched alkanes of at least 4 members (excludes halogenated alkanes) is 2. The number of ketones is 3. The number of esters is 1. The number of imide groups is 1. The van der Waals surface area contributed by atoms with Crippen molar-refractivity contribution in [1.29, 1.82) is 0 Å². The Balaban J connectivity index is 0.664. The number of fused-ring (bicyclic) bond motifs is 6. The summed E-state index contributed by atoms with van der Waals surface area (Å²) in [6.45, 7) is 14.9. The second-order valence-electron chi connectivity index (χ2n) is 29.5. The molecule has 11 fully saturated rings. The van der Waals surface area contributed by atoms with E-state index in [0.29, 0.717) is 74.0 Å². The van der Waals surface area contributed by atoms with Gasteiger partial charge in [0, 0.05) is 109 Å². The zero-order valence-electron chi connectivity index (χ0n) is 57.3. The summed E-state index contributed by atoms with van der Waals surface area (Å²) < 4.78 is 66.6. The maximum atomic E-state index is 14.6. The third-order valence-electron chi connectivity index (χ3n) is 22.0. The number of ether oxygens (including phenoxy) is 10. The number of nitrogens with two attached hydrogens (primary N) is 1. The number of methoxy groups -OCH3 is 1. The normalized spacial score (nSPS) is 34.6. The molecule has 540 valence electrons. The van der Waals surface area contributed by atoms with Crippen LogP contribution in [0.25, 0.3) is 0 Å². The summed E-state index contributed by atoms with van der Waals surface area (Å²) in [5, 5.41) is 17.5. The second-order valence-corrected chi connectivity index (χ2v) is 29.5. The number of hydrogen-bond donors (Lipinski definition) is 4. The Labute approximate surface area is 573 Å². The van der Waals surface area contributed by atoms with Crippen LogP contribution in [0.4, 0.5) is 4.79 Å². The van der Waals surface area contributed by atoms with Gasteiger partial charge in [-0.1, -0.05) is 64.6 Å². The van der Waals surface area contributed by atoms with E-state index in [4.69, 9.17) is 57.9 Å². The van der Waals surface area contributed by atoms with Crippen molar-refractivity contribution in [3.8, 4) is 0 Å². The molecule has 98 heavy (non-hydrogen) atoms. The Hall–Kier alpha value is -5.87. The monoisotopic (exact) mass is 1370 g/mol. The van der Waals surface area contributed by atoms with Crippen LogP contribution in [-0.4, -0.2) is 186 Å². The number of benzene rings is 1. The minimum atomic E-state index is -0.988. The minimum Gasteiger partial charge on any atom is -0.461 e. The van der Waals surface area contributed by atoms with E-state index in [1.54, 1.807) is 31.4 Å². The van der Waals surface area contributed by atoms with Gasteiger partial charge in [-0.15, -0.1) is 5.06 Å². The second kappa shape index (κ2) is 32.8. The van der Waals surface area contributed by atoms with Gasteiger partial charge < -0.3 is 73.7 Å². The summed E-state index contributed by atoms with van der Waals surface area (Å²) in [6, 6.07) is 5.25. The maximum Gasteiger partial charge on any atom is 0.333 e. The zero-order valence-corrected chi connectivity index (χ0v) is 57.3. The Kier molecular flexibility index (Phi) is 24.6. The number of hydrogen-bond acceptors (Lipinski definition) is 21. The van der Waals surface area contributed by atoms with Crippen LogP contribution in [0.5, 0.6) is 0 Å². The van der Waals surface area contributed by atoms with Crippen LogP contribution in [0.2, 0.25) is 0 Å². The van der Waals surface area contributed by atoms with E-state index in [1.165, 1.54) is 0 Å². The van der Waals surface area contributed by atoms with E-state index < -0.39 is 96.0 Å². The minimum absolute atomic E-state index is 0.00451. The van der Waals surface area contributed by atoms with Gasteiger partial charge in [-0.05, 0) is 111 Å². The standard InChI is InChI=1S/C73H102N4O21/c1-39(2)51(33-45(78)11-8-7-9-13-64(85)98-77-61(82)23-24-62(77)83)71(86)76-53(12-10-28-75-72(74)87)54(81)31-43-14-16-44(17-15-43)38-89-63(84)25-18-46(79)35-59-65(88-6)52-34-47(80)32-49-20-22-56-66(92-49)70-69-68(94-56)67-60(95-69)37-73(96-67,97-70)27-26-50-30-41(4)55(90-50)21-19-48-29-40(3)42(5)57(91-48)36-58(52)93-59/h14-17,39-40,46,48-53,55-60,65-70,79H,4-5,7-13,18-38H2,1-3,6H3,(H,76,86)(H3,74,75,87)/t40-,46-,48+,49?,50+,51+,52+,53+,55?,56+,57?,58+,59-,60-,65-,66+,67?,68+,69-,70+,73+/m1/s1. The van der Waals surface area contributed by atoms with Gasteiger partial charge in [0.15, 0.2) is 11.6 Å². The van der Waals surface area contributed by atoms with E-state index in [1.807, 2.05) is 13.8 Å². The molecule has 5 N–H and O–H groups in total. The van der Waals surface area contributed by atoms with E-state index in [9.17, 15) is 48.3 Å². The summed E-state index contributed by atoms with van der Waals surface area (Å²) in [7, 11) is 1.60. The molecule has 1 spiro atoms. The number of hydroxylamine groups is 2. The fourth-order valence-corrected chi connectivity index (χ4v) is 16.6. The van der Waals surface area contributed by atoms with Gasteiger partial charge in [0.2, 0.25) is 5.91 Å². The Morgan fingerprint density at radius 1 is 0.724 bits per heavy atom. The number of primary amides is 1. The largest absolute Gasteiger partial charge is 0.461 e. The molecule has 1 aromatic rings. The van der Waals surface area contributed by atoms with Crippen LogP contribution in [0, 0.1) is 23.7 Å². The molecule has 4 unspecified atom stereocenters. The number of carbonyl (C=O) groups is 9. The van der Waals surface area contributed by atoms with E-state index >= 15 is 0 Å². The van der Waals surface area contributed by atoms with Crippen LogP contribution in [0.1, 0.15) is 192 Å². The molecule has 12 bridgehead atoms. The van der Waals surface area contributed by atoms with Crippen LogP contribution in [-0.2, 0) is 104 Å². The van der Waals surface area contributed by atoms with Crippen molar-refractivity contribution >= 4 is 53.0 Å². The molecule has 25 nitrogen and oxygen atoms in total. The molecule has 1 aromatic carbocycles. The van der Waals surface area contributed by atoms with Crippen LogP contribution < -0.4 is 16.4 Å². The highest BCUT2D eigenvalue weighted by Gasteiger charge is 2.69. The molecule has 0 aromatic heterocycles. The average Bonchev–Trinajstić information content (AvgIpc) is 1.55. The van der Waals surface area contributed by atoms with Crippen LogP contribution in [0.15, 0.2) is 48.6 Å². The quantitative estimate of drug-likeness (QED) is 0.0303. The summed E-state index contributed by atoms with van der Waals surface area (Å²) >= 11 is 0. The summed E-state index contributed by atoms with van der Waals surface area (Å²) in [5.74, 6) is -5.36. The third-order valence-corrected chi connectivity index (χ3v) is 22.0. The van der Waals surface area contributed by atoms with Crippen molar-refractivity contribution in [3.63, 3.8) is 0 Å². The van der Waals surface area contributed by atoms with E-state index in [-0.39, 0.29) is 180 Å². The molecular weight excluding hydrogens is 1270 g/mol. The molecule has 21 atom stereocenters.